The molecule has 2 aromatic heterocycles. The Hall–Kier alpha value is -3.34. The number of rotatable bonds is 5. The van der Waals surface area contributed by atoms with Crippen LogP contribution in [0.15, 0.2) is 42.5 Å². The Labute approximate surface area is 185 Å². The Morgan fingerprint density at radius 1 is 1.16 bits per heavy atom. The third kappa shape index (κ3) is 3.83. The topological polar surface area (TPSA) is 105 Å². The van der Waals surface area contributed by atoms with Gasteiger partial charge in [0, 0.05) is 16.7 Å². The number of fused-ring (bicyclic) bond motifs is 1. The molecule has 5 rings (SSSR count). The van der Waals surface area contributed by atoms with E-state index in [1.165, 1.54) is 0 Å². The summed E-state index contributed by atoms with van der Waals surface area (Å²) < 4.78 is 38.1. The van der Waals surface area contributed by atoms with Crippen LogP contribution < -0.4 is 10.1 Å². The fourth-order valence-electron chi connectivity index (χ4n) is 3.43. The van der Waals surface area contributed by atoms with Gasteiger partial charge in [-0.2, -0.15) is 15.1 Å². The van der Waals surface area contributed by atoms with E-state index in [0.29, 0.717) is 27.7 Å². The first-order valence-corrected chi connectivity index (χ1v) is 10.0. The smallest absolute Gasteiger partial charge is 0.326 e. The van der Waals surface area contributed by atoms with E-state index in [4.69, 9.17) is 21.1 Å². The molecule has 2 atom stereocenters. The van der Waals surface area contributed by atoms with Crippen LogP contribution in [0.25, 0.3) is 22.3 Å². The zero-order valence-electron chi connectivity index (χ0n) is 16.3. The predicted octanol–water partition coefficient (Wildman–Crippen LogP) is 3.92. The molecule has 1 saturated heterocycles. The van der Waals surface area contributed by atoms with Gasteiger partial charge in [-0.15, -0.1) is 0 Å². The van der Waals surface area contributed by atoms with Crippen molar-refractivity contribution in [1.29, 1.82) is 0 Å². The van der Waals surface area contributed by atoms with E-state index >= 15 is 0 Å². The van der Waals surface area contributed by atoms with Crippen molar-refractivity contribution in [2.24, 2.45) is 0 Å². The van der Waals surface area contributed by atoms with Crippen LogP contribution in [0.5, 0.6) is 11.8 Å². The highest BCUT2D eigenvalue weighted by molar-refractivity contribution is 6.33. The number of hydrogen-bond donors (Lipinski definition) is 3. The molecular formula is C21H16ClF2N5O3. The zero-order valence-corrected chi connectivity index (χ0v) is 17.1. The van der Waals surface area contributed by atoms with Gasteiger partial charge in [-0.3, -0.25) is 5.10 Å². The van der Waals surface area contributed by atoms with E-state index in [2.05, 4.69) is 25.5 Å². The fourth-order valence-corrected chi connectivity index (χ4v) is 3.66. The van der Waals surface area contributed by atoms with E-state index in [9.17, 15) is 13.9 Å². The molecule has 0 amide bonds. The highest BCUT2D eigenvalue weighted by Crippen LogP contribution is 2.36. The molecule has 0 bridgehead atoms. The summed E-state index contributed by atoms with van der Waals surface area (Å²) in [6.07, 6.45) is -0.755. The number of benzene rings is 2. The quantitative estimate of drug-likeness (QED) is 0.415. The lowest BCUT2D eigenvalue weighted by molar-refractivity contribution is 0.125. The molecule has 3 heterocycles. The van der Waals surface area contributed by atoms with E-state index in [1.54, 1.807) is 12.1 Å². The van der Waals surface area contributed by atoms with Crippen LogP contribution in [-0.4, -0.2) is 50.6 Å². The Morgan fingerprint density at radius 3 is 2.75 bits per heavy atom. The molecule has 2 aromatic carbocycles. The normalized spacial score (nSPS) is 18.2. The first-order chi connectivity index (χ1) is 15.5. The SMILES string of the molecule is OC1COCC1Nc1nc(Oc2ccc(F)cc2F)nc2n[nH]c(-c3ccccc3Cl)c12. The Morgan fingerprint density at radius 2 is 2.00 bits per heavy atom. The lowest BCUT2D eigenvalue weighted by Gasteiger charge is -2.17. The van der Waals surface area contributed by atoms with Crippen molar-refractivity contribution in [3.8, 4) is 23.0 Å². The van der Waals surface area contributed by atoms with Crippen molar-refractivity contribution in [3.05, 3.63) is 59.1 Å². The minimum absolute atomic E-state index is 0.179. The Kier molecular flexibility index (Phi) is 5.33. The largest absolute Gasteiger partial charge is 0.421 e. The van der Waals surface area contributed by atoms with E-state index in [1.807, 2.05) is 12.1 Å². The summed E-state index contributed by atoms with van der Waals surface area (Å²) in [5.41, 5.74) is 1.45. The maximum absolute atomic E-state index is 14.1. The molecule has 1 aliphatic rings. The predicted molar refractivity (Wildman–Crippen MR) is 113 cm³/mol. The highest BCUT2D eigenvalue weighted by atomic mass is 35.5. The van der Waals surface area contributed by atoms with Crippen molar-refractivity contribution >= 4 is 28.5 Å². The van der Waals surface area contributed by atoms with Crippen LogP contribution in [0.4, 0.5) is 14.6 Å². The summed E-state index contributed by atoms with van der Waals surface area (Å²) in [6, 6.07) is 9.41. The van der Waals surface area contributed by atoms with Crippen LogP contribution in [0.3, 0.4) is 0 Å². The molecule has 1 fully saturated rings. The maximum atomic E-state index is 14.1. The maximum Gasteiger partial charge on any atom is 0.326 e. The summed E-state index contributed by atoms with van der Waals surface area (Å²) in [4.78, 5) is 8.62. The van der Waals surface area contributed by atoms with Crippen LogP contribution >= 0.6 is 11.6 Å². The molecule has 2 unspecified atom stereocenters. The summed E-state index contributed by atoms with van der Waals surface area (Å²) in [5, 5.41) is 21.4. The number of anilines is 1. The van der Waals surface area contributed by atoms with Gasteiger partial charge in [-0.25, -0.2) is 8.78 Å². The minimum atomic E-state index is -0.901. The standard InChI is InChI=1S/C21H16ClF2N5O3/c22-12-4-2-1-3-11(12)18-17-19(25-14-8-31-9-15(14)30)26-21(27-20(17)29-28-18)32-16-6-5-10(23)7-13(16)24/h1-7,14-15,30H,8-9H2,(H2,25,26,27,28,29). The number of nitrogens with one attached hydrogen (secondary N) is 2. The number of aliphatic hydroxyl groups excluding tert-OH is 1. The second kappa shape index (κ2) is 8.30. The van der Waals surface area contributed by atoms with E-state index in [0.717, 1.165) is 12.1 Å². The highest BCUT2D eigenvalue weighted by Gasteiger charge is 2.29. The van der Waals surface area contributed by atoms with E-state index < -0.39 is 23.8 Å². The lowest BCUT2D eigenvalue weighted by atomic mass is 10.1. The molecule has 1 aliphatic heterocycles. The molecule has 8 nitrogen and oxygen atoms in total. The lowest BCUT2D eigenvalue weighted by Crippen LogP contribution is -2.32. The number of ether oxygens (including phenoxy) is 2. The second-order valence-corrected chi connectivity index (χ2v) is 7.57. The molecule has 0 aliphatic carbocycles. The summed E-state index contributed by atoms with van der Waals surface area (Å²) in [7, 11) is 0. The number of aromatic nitrogens is 4. The number of halogens is 3. The van der Waals surface area contributed by atoms with Crippen LogP contribution in [-0.2, 0) is 4.74 Å². The summed E-state index contributed by atoms with van der Waals surface area (Å²) >= 11 is 6.36. The van der Waals surface area contributed by atoms with Gasteiger partial charge in [-0.05, 0) is 18.2 Å². The third-order valence-electron chi connectivity index (χ3n) is 5.00. The molecular weight excluding hydrogens is 444 g/mol. The number of H-pyrrole nitrogens is 1. The number of aliphatic hydroxyl groups is 1. The average Bonchev–Trinajstić information content (AvgIpc) is 3.37. The van der Waals surface area contributed by atoms with Crippen LogP contribution in [0.1, 0.15) is 0 Å². The molecule has 4 aromatic rings. The zero-order chi connectivity index (χ0) is 22.2. The molecule has 0 radical (unpaired) electrons. The number of aromatic amines is 1. The van der Waals surface area contributed by atoms with Gasteiger partial charge in [0.05, 0.1) is 36.4 Å². The van der Waals surface area contributed by atoms with Crippen molar-refractivity contribution in [2.75, 3.05) is 18.5 Å². The number of nitrogens with zero attached hydrogens (tertiary/aromatic N) is 3. The summed E-state index contributed by atoms with van der Waals surface area (Å²) in [5.74, 6) is -1.60. The van der Waals surface area contributed by atoms with Gasteiger partial charge in [0.2, 0.25) is 0 Å². The number of hydrogen-bond acceptors (Lipinski definition) is 7. The van der Waals surface area contributed by atoms with Gasteiger partial charge in [0.15, 0.2) is 17.2 Å². The Bertz CT molecular complexity index is 1300. The van der Waals surface area contributed by atoms with Gasteiger partial charge >= 0.3 is 6.01 Å². The van der Waals surface area contributed by atoms with Crippen molar-refractivity contribution < 1.29 is 23.4 Å². The second-order valence-electron chi connectivity index (χ2n) is 7.16. The molecule has 32 heavy (non-hydrogen) atoms. The van der Waals surface area contributed by atoms with Gasteiger partial charge < -0.3 is 19.9 Å². The van der Waals surface area contributed by atoms with Crippen molar-refractivity contribution in [1.82, 2.24) is 20.2 Å². The fraction of sp³-hybridized carbons (Fsp3) is 0.190. The Balaban J connectivity index is 1.62. The molecule has 11 heteroatoms. The molecule has 3 N–H and O–H groups in total. The first-order valence-electron chi connectivity index (χ1n) is 9.66. The molecule has 0 spiro atoms. The van der Waals surface area contributed by atoms with Gasteiger partial charge in [-0.1, -0.05) is 29.8 Å². The van der Waals surface area contributed by atoms with Crippen LogP contribution in [0.2, 0.25) is 5.02 Å². The monoisotopic (exact) mass is 459 g/mol. The molecule has 0 saturated carbocycles. The summed E-state index contributed by atoms with van der Waals surface area (Å²) in [6.45, 7) is 0.438. The van der Waals surface area contributed by atoms with E-state index in [-0.39, 0.29) is 36.4 Å². The average molecular weight is 460 g/mol. The van der Waals surface area contributed by atoms with Gasteiger partial charge in [0.25, 0.3) is 0 Å². The first kappa shape index (κ1) is 20.6. The van der Waals surface area contributed by atoms with Crippen molar-refractivity contribution in [2.45, 2.75) is 12.1 Å². The minimum Gasteiger partial charge on any atom is -0.421 e. The molecule has 164 valence electrons. The third-order valence-corrected chi connectivity index (χ3v) is 5.33. The van der Waals surface area contributed by atoms with Crippen molar-refractivity contribution in [3.63, 3.8) is 0 Å². The van der Waals surface area contributed by atoms with Crippen LogP contribution in [0, 0.1) is 11.6 Å². The van der Waals surface area contributed by atoms with Gasteiger partial charge in [0.1, 0.15) is 11.6 Å².